The van der Waals surface area contributed by atoms with Gasteiger partial charge in [0.05, 0.1) is 23.1 Å². The van der Waals surface area contributed by atoms with Gasteiger partial charge in [-0.2, -0.15) is 0 Å². The van der Waals surface area contributed by atoms with E-state index in [1.165, 1.54) is 19.1 Å². The number of nitrogen functional groups attached to an aromatic ring is 1. The summed E-state index contributed by atoms with van der Waals surface area (Å²) in [6.45, 7) is 1.28. The highest BCUT2D eigenvalue weighted by molar-refractivity contribution is 6.34. The van der Waals surface area contributed by atoms with Crippen LogP contribution < -0.4 is 15.2 Å². The number of ether oxygens (including phenoxy) is 2. The van der Waals surface area contributed by atoms with Crippen LogP contribution in [0, 0.1) is 5.82 Å². The van der Waals surface area contributed by atoms with Crippen molar-refractivity contribution in [3.63, 3.8) is 0 Å². The summed E-state index contributed by atoms with van der Waals surface area (Å²) in [6, 6.07) is 15.1. The second-order valence-electron chi connectivity index (χ2n) is 6.61. The van der Waals surface area contributed by atoms with Crippen LogP contribution in [0.4, 0.5) is 10.3 Å². The Kier molecular flexibility index (Phi) is 5.10. The minimum Gasteiger partial charge on any atom is -0.497 e. The van der Waals surface area contributed by atoms with Crippen molar-refractivity contribution in [2.24, 2.45) is 0 Å². The predicted octanol–water partition coefficient (Wildman–Crippen LogP) is 6.08. The summed E-state index contributed by atoms with van der Waals surface area (Å²) < 4.78 is 31.0. The topological polar surface area (TPSA) is 74.7 Å². The van der Waals surface area contributed by atoms with E-state index in [1.54, 1.807) is 25.3 Å². The van der Waals surface area contributed by atoms with Crippen LogP contribution in [0.5, 0.6) is 11.5 Å². The fourth-order valence-corrected chi connectivity index (χ4v) is 3.64. The summed E-state index contributed by atoms with van der Waals surface area (Å²) in [5.74, 6) is -0.227. The molecule has 0 atom stereocenters. The fraction of sp³-hybridized carbons (Fsp3) is 0.0870. The highest BCUT2D eigenvalue weighted by Crippen LogP contribution is 2.46. The van der Waals surface area contributed by atoms with Crippen molar-refractivity contribution in [1.29, 1.82) is 0 Å². The van der Waals surface area contributed by atoms with Crippen molar-refractivity contribution in [2.75, 3.05) is 12.8 Å². The lowest BCUT2D eigenvalue weighted by Crippen LogP contribution is -2.02. The van der Waals surface area contributed by atoms with Gasteiger partial charge in [-0.1, -0.05) is 29.8 Å². The molecule has 0 amide bonds. The number of hydrogen-bond acceptors (Lipinski definition) is 5. The Morgan fingerprint density at radius 3 is 2.43 bits per heavy atom. The molecular formula is C23H17ClFNO4. The van der Waals surface area contributed by atoms with Gasteiger partial charge in [0.25, 0.3) is 0 Å². The highest BCUT2D eigenvalue weighted by Gasteiger charge is 2.24. The summed E-state index contributed by atoms with van der Waals surface area (Å²) in [6.07, 6.45) is 0. The first-order valence-corrected chi connectivity index (χ1v) is 9.40. The normalized spacial score (nSPS) is 10.9. The number of carbonyl (C=O) groups is 1. The molecule has 0 aliphatic carbocycles. The third kappa shape index (κ3) is 3.46. The lowest BCUT2D eigenvalue weighted by atomic mass is 9.98. The number of hydrogen-bond donors (Lipinski definition) is 1. The van der Waals surface area contributed by atoms with Crippen molar-refractivity contribution in [1.82, 2.24) is 0 Å². The van der Waals surface area contributed by atoms with Gasteiger partial charge in [-0.3, -0.25) is 4.79 Å². The smallest absolute Gasteiger partial charge is 0.308 e. The highest BCUT2D eigenvalue weighted by atomic mass is 35.5. The molecule has 0 saturated heterocycles. The Balaban J connectivity index is 2.00. The predicted molar refractivity (Wildman–Crippen MR) is 114 cm³/mol. The van der Waals surface area contributed by atoms with E-state index in [0.717, 1.165) is 11.1 Å². The molecule has 5 nitrogen and oxygen atoms in total. The molecule has 2 N–H and O–H groups in total. The number of furan rings is 1. The molecule has 4 aromatic rings. The standard InChI is InChI=1S/C23H17ClFNO4/c1-12(27)29-18-10-14(13-6-8-15(28-2)9-7-13)11-19-21(18)22(23(26)30-19)20-16(24)4-3-5-17(20)25/h3-11H,26H2,1-2H3. The fourth-order valence-electron chi connectivity index (χ4n) is 3.38. The van der Waals surface area contributed by atoms with Crippen molar-refractivity contribution in [2.45, 2.75) is 6.92 Å². The van der Waals surface area contributed by atoms with Gasteiger partial charge in [-0.15, -0.1) is 0 Å². The number of methoxy groups -OCH3 is 1. The SMILES string of the molecule is COc1ccc(-c2cc(OC(C)=O)c3c(-c4c(F)cccc4Cl)c(N)oc3c2)cc1. The molecule has 0 aliphatic rings. The third-order valence-corrected chi connectivity index (χ3v) is 4.99. The molecule has 0 bridgehead atoms. The second-order valence-corrected chi connectivity index (χ2v) is 7.01. The molecule has 0 spiro atoms. The van der Waals surface area contributed by atoms with Crippen LogP contribution in [0.3, 0.4) is 0 Å². The molecule has 1 heterocycles. The molecule has 30 heavy (non-hydrogen) atoms. The zero-order chi connectivity index (χ0) is 21.4. The molecule has 0 aliphatic heterocycles. The van der Waals surface area contributed by atoms with E-state index in [9.17, 15) is 9.18 Å². The van der Waals surface area contributed by atoms with Gasteiger partial charge >= 0.3 is 5.97 Å². The van der Waals surface area contributed by atoms with E-state index in [2.05, 4.69) is 0 Å². The Labute approximate surface area is 176 Å². The number of anilines is 1. The Morgan fingerprint density at radius 1 is 1.07 bits per heavy atom. The Hall–Kier alpha value is -3.51. The zero-order valence-electron chi connectivity index (χ0n) is 16.2. The summed E-state index contributed by atoms with van der Waals surface area (Å²) >= 11 is 6.25. The van der Waals surface area contributed by atoms with Crippen LogP contribution in [0.2, 0.25) is 5.02 Å². The van der Waals surface area contributed by atoms with E-state index < -0.39 is 11.8 Å². The molecule has 1 aromatic heterocycles. The van der Waals surface area contributed by atoms with Crippen LogP contribution in [0.15, 0.2) is 59.0 Å². The zero-order valence-corrected chi connectivity index (χ0v) is 16.9. The molecule has 152 valence electrons. The number of benzene rings is 3. The summed E-state index contributed by atoms with van der Waals surface area (Å²) in [5, 5.41) is 0.532. The average molecular weight is 426 g/mol. The van der Waals surface area contributed by atoms with Crippen LogP contribution in [-0.2, 0) is 4.79 Å². The van der Waals surface area contributed by atoms with E-state index in [-0.39, 0.29) is 27.8 Å². The molecule has 0 saturated carbocycles. The third-order valence-electron chi connectivity index (χ3n) is 4.67. The van der Waals surface area contributed by atoms with E-state index >= 15 is 0 Å². The van der Waals surface area contributed by atoms with Gasteiger partial charge in [0.2, 0.25) is 0 Å². The lowest BCUT2D eigenvalue weighted by Gasteiger charge is -2.10. The maximum atomic E-state index is 14.6. The first kappa shape index (κ1) is 19.8. The Bertz CT molecular complexity index is 1240. The number of nitrogens with two attached hydrogens (primary N) is 1. The number of carbonyl (C=O) groups excluding carboxylic acids is 1. The van der Waals surface area contributed by atoms with Crippen LogP contribution in [-0.4, -0.2) is 13.1 Å². The van der Waals surface area contributed by atoms with Crippen LogP contribution in [0.25, 0.3) is 33.2 Å². The monoisotopic (exact) mass is 425 g/mol. The first-order chi connectivity index (χ1) is 14.4. The molecular weight excluding hydrogens is 409 g/mol. The van der Waals surface area contributed by atoms with Crippen molar-refractivity contribution in [3.05, 3.63) is 65.4 Å². The molecule has 7 heteroatoms. The number of esters is 1. The van der Waals surface area contributed by atoms with Crippen LogP contribution in [0.1, 0.15) is 6.92 Å². The Morgan fingerprint density at radius 2 is 1.80 bits per heavy atom. The molecule has 4 rings (SSSR count). The average Bonchev–Trinajstić information content (AvgIpc) is 3.03. The van der Waals surface area contributed by atoms with Gasteiger partial charge in [-0.05, 0) is 47.5 Å². The van der Waals surface area contributed by atoms with Gasteiger partial charge < -0.3 is 19.6 Å². The number of fused-ring (bicyclic) bond motifs is 1. The van der Waals surface area contributed by atoms with Gasteiger partial charge in [0.15, 0.2) is 5.88 Å². The maximum Gasteiger partial charge on any atom is 0.308 e. The number of rotatable bonds is 4. The second kappa shape index (κ2) is 7.72. The minimum atomic E-state index is -0.565. The van der Waals surface area contributed by atoms with Gasteiger partial charge in [-0.25, -0.2) is 4.39 Å². The lowest BCUT2D eigenvalue weighted by molar-refractivity contribution is -0.131. The van der Waals surface area contributed by atoms with Gasteiger partial charge in [0.1, 0.15) is 22.9 Å². The van der Waals surface area contributed by atoms with Crippen molar-refractivity contribution < 1.29 is 23.1 Å². The van der Waals surface area contributed by atoms with E-state index in [0.29, 0.717) is 16.7 Å². The molecule has 0 radical (unpaired) electrons. The quantitative estimate of drug-likeness (QED) is 0.317. The summed E-state index contributed by atoms with van der Waals surface area (Å²) in [4.78, 5) is 11.8. The van der Waals surface area contributed by atoms with Crippen LogP contribution >= 0.6 is 11.6 Å². The number of halogens is 2. The molecule has 3 aromatic carbocycles. The minimum absolute atomic E-state index is 0.0303. The summed E-state index contributed by atoms with van der Waals surface area (Å²) in [7, 11) is 1.58. The maximum absolute atomic E-state index is 14.6. The van der Waals surface area contributed by atoms with Crippen molar-refractivity contribution >= 4 is 34.4 Å². The van der Waals surface area contributed by atoms with Gasteiger partial charge in [0, 0.05) is 12.5 Å². The largest absolute Gasteiger partial charge is 0.497 e. The molecule has 0 fully saturated rings. The first-order valence-electron chi connectivity index (χ1n) is 9.02. The van der Waals surface area contributed by atoms with E-state index in [1.807, 2.05) is 24.3 Å². The van der Waals surface area contributed by atoms with Crippen molar-refractivity contribution in [3.8, 4) is 33.8 Å². The molecule has 0 unspecified atom stereocenters. The summed E-state index contributed by atoms with van der Waals surface area (Å²) in [5.41, 5.74) is 8.33. The van der Waals surface area contributed by atoms with E-state index in [4.69, 9.17) is 31.2 Å².